The fraction of sp³-hybridized carbons (Fsp3) is 0.467. The second kappa shape index (κ2) is 6.93. The molecule has 1 N–H and O–H groups in total. The zero-order chi connectivity index (χ0) is 14.4. The maximum atomic E-state index is 11.6. The van der Waals surface area contributed by atoms with Crippen molar-refractivity contribution in [2.24, 2.45) is 5.10 Å². The van der Waals surface area contributed by atoms with E-state index in [0.717, 1.165) is 36.3 Å². The van der Waals surface area contributed by atoms with E-state index in [2.05, 4.69) is 17.5 Å². The number of rotatable bonds is 6. The van der Waals surface area contributed by atoms with E-state index in [9.17, 15) is 4.79 Å². The van der Waals surface area contributed by atoms with E-state index in [-0.39, 0.29) is 12.7 Å². The molecule has 108 valence electrons. The fourth-order valence-electron chi connectivity index (χ4n) is 1.92. The van der Waals surface area contributed by atoms with Crippen LogP contribution in [0.25, 0.3) is 0 Å². The zero-order valence-electron chi connectivity index (χ0n) is 11.9. The number of ether oxygens (including phenoxy) is 2. The summed E-state index contributed by atoms with van der Waals surface area (Å²) in [6.07, 6.45) is 3.59. The Kier molecular flexibility index (Phi) is 4.98. The maximum absolute atomic E-state index is 11.6. The molecule has 1 aliphatic heterocycles. The summed E-state index contributed by atoms with van der Waals surface area (Å²) in [4.78, 5) is 11.6. The Bertz CT molecular complexity index is 512. The van der Waals surface area contributed by atoms with Crippen LogP contribution < -0.4 is 14.9 Å². The molecular formula is C15H20N2O3. The molecule has 0 radical (unpaired) electrons. The van der Waals surface area contributed by atoms with Gasteiger partial charge in [0.05, 0.1) is 5.71 Å². The number of fused-ring (bicyclic) bond motifs is 1. The van der Waals surface area contributed by atoms with Crippen molar-refractivity contribution >= 4 is 11.6 Å². The molecule has 1 aromatic rings. The van der Waals surface area contributed by atoms with Crippen LogP contribution in [0.2, 0.25) is 0 Å². The highest BCUT2D eigenvalue weighted by Gasteiger charge is 2.14. The Morgan fingerprint density at radius 3 is 2.90 bits per heavy atom. The van der Waals surface area contributed by atoms with Crippen LogP contribution in [0.3, 0.4) is 0 Å². The number of carbonyl (C=O) groups excluding carboxylic acids is 1. The summed E-state index contributed by atoms with van der Waals surface area (Å²) in [5.41, 5.74) is 4.23. The molecule has 0 spiro atoms. The van der Waals surface area contributed by atoms with Crippen molar-refractivity contribution in [1.82, 2.24) is 5.43 Å². The molecule has 5 nitrogen and oxygen atoms in total. The Balaban J connectivity index is 1.91. The van der Waals surface area contributed by atoms with Crippen LogP contribution in [0.15, 0.2) is 23.3 Å². The molecular weight excluding hydrogens is 256 g/mol. The molecule has 0 aliphatic carbocycles. The predicted octanol–water partition coefficient (Wildman–Crippen LogP) is 2.84. The minimum Gasteiger partial charge on any atom is -0.454 e. The third-order valence-corrected chi connectivity index (χ3v) is 3.15. The SMILES string of the molecule is CCCCCC(=O)N/N=C(\C)c1ccc2c(c1)OCO2. The normalized spacial score (nSPS) is 13.4. The molecule has 0 bridgehead atoms. The first-order chi connectivity index (χ1) is 9.70. The van der Waals surface area contributed by atoms with Crippen molar-refractivity contribution in [3.8, 4) is 11.5 Å². The van der Waals surface area contributed by atoms with E-state index in [0.29, 0.717) is 12.2 Å². The van der Waals surface area contributed by atoms with E-state index in [1.165, 1.54) is 0 Å². The van der Waals surface area contributed by atoms with Crippen LogP contribution >= 0.6 is 0 Å². The Morgan fingerprint density at radius 1 is 1.30 bits per heavy atom. The average molecular weight is 276 g/mol. The lowest BCUT2D eigenvalue weighted by Crippen LogP contribution is -2.18. The largest absolute Gasteiger partial charge is 0.454 e. The highest BCUT2D eigenvalue weighted by atomic mass is 16.7. The van der Waals surface area contributed by atoms with Gasteiger partial charge >= 0.3 is 0 Å². The van der Waals surface area contributed by atoms with Crippen molar-refractivity contribution in [3.63, 3.8) is 0 Å². The molecule has 0 fully saturated rings. The first-order valence-electron chi connectivity index (χ1n) is 6.94. The number of unbranched alkanes of at least 4 members (excludes halogenated alkanes) is 2. The van der Waals surface area contributed by atoms with Gasteiger partial charge in [-0.3, -0.25) is 4.79 Å². The monoisotopic (exact) mass is 276 g/mol. The standard InChI is InChI=1S/C15H20N2O3/c1-3-4-5-6-15(18)17-16-11(2)12-7-8-13-14(9-12)20-10-19-13/h7-9H,3-6,10H2,1-2H3,(H,17,18)/b16-11+. The van der Waals surface area contributed by atoms with Crippen molar-refractivity contribution < 1.29 is 14.3 Å². The molecule has 0 saturated heterocycles. The number of nitrogens with zero attached hydrogens (tertiary/aromatic N) is 1. The first-order valence-corrected chi connectivity index (χ1v) is 6.94. The molecule has 0 atom stereocenters. The van der Waals surface area contributed by atoms with Crippen LogP contribution in [0.4, 0.5) is 0 Å². The van der Waals surface area contributed by atoms with Crippen LogP contribution in [0, 0.1) is 0 Å². The second-order valence-electron chi connectivity index (χ2n) is 4.76. The zero-order valence-corrected chi connectivity index (χ0v) is 11.9. The minimum absolute atomic E-state index is 0.0430. The third-order valence-electron chi connectivity index (χ3n) is 3.15. The molecule has 1 heterocycles. The number of benzene rings is 1. The van der Waals surface area contributed by atoms with E-state index in [1.54, 1.807) is 0 Å². The van der Waals surface area contributed by atoms with Gasteiger partial charge < -0.3 is 9.47 Å². The highest BCUT2D eigenvalue weighted by molar-refractivity contribution is 5.99. The molecule has 0 unspecified atom stereocenters. The quantitative estimate of drug-likeness (QED) is 0.494. The second-order valence-corrected chi connectivity index (χ2v) is 4.76. The van der Waals surface area contributed by atoms with Gasteiger partial charge in [0.1, 0.15) is 0 Å². The van der Waals surface area contributed by atoms with Crippen molar-refractivity contribution in [2.45, 2.75) is 39.5 Å². The van der Waals surface area contributed by atoms with Gasteiger partial charge in [0.25, 0.3) is 0 Å². The summed E-state index contributed by atoms with van der Waals surface area (Å²) in [6, 6.07) is 5.61. The fourth-order valence-corrected chi connectivity index (χ4v) is 1.92. The molecule has 1 aliphatic rings. The van der Waals surface area contributed by atoms with Crippen molar-refractivity contribution in [3.05, 3.63) is 23.8 Å². The minimum atomic E-state index is -0.0430. The smallest absolute Gasteiger partial charge is 0.240 e. The Hall–Kier alpha value is -2.04. The van der Waals surface area contributed by atoms with Crippen LogP contribution in [-0.2, 0) is 4.79 Å². The van der Waals surface area contributed by atoms with Gasteiger partial charge in [0, 0.05) is 12.0 Å². The summed E-state index contributed by atoms with van der Waals surface area (Å²) >= 11 is 0. The van der Waals surface area contributed by atoms with Crippen LogP contribution in [0.1, 0.15) is 45.1 Å². The maximum Gasteiger partial charge on any atom is 0.240 e. The molecule has 20 heavy (non-hydrogen) atoms. The van der Waals surface area contributed by atoms with Gasteiger partial charge in [-0.15, -0.1) is 0 Å². The Labute approximate surface area is 119 Å². The third kappa shape index (κ3) is 3.73. The average Bonchev–Trinajstić information content (AvgIpc) is 2.92. The summed E-state index contributed by atoms with van der Waals surface area (Å²) in [5, 5.41) is 4.12. The molecule has 1 aromatic carbocycles. The van der Waals surface area contributed by atoms with E-state index in [4.69, 9.17) is 9.47 Å². The van der Waals surface area contributed by atoms with Crippen molar-refractivity contribution in [1.29, 1.82) is 0 Å². The van der Waals surface area contributed by atoms with Gasteiger partial charge in [-0.2, -0.15) is 5.10 Å². The molecule has 0 aromatic heterocycles. The lowest BCUT2D eigenvalue weighted by molar-refractivity contribution is -0.121. The number of hydrogen-bond acceptors (Lipinski definition) is 4. The molecule has 0 saturated carbocycles. The van der Waals surface area contributed by atoms with E-state index >= 15 is 0 Å². The molecule has 5 heteroatoms. The van der Waals surface area contributed by atoms with Crippen LogP contribution in [-0.4, -0.2) is 18.4 Å². The topological polar surface area (TPSA) is 59.9 Å². The van der Waals surface area contributed by atoms with E-state index in [1.807, 2.05) is 25.1 Å². The lowest BCUT2D eigenvalue weighted by Gasteiger charge is -2.04. The number of amides is 1. The number of hydrogen-bond donors (Lipinski definition) is 1. The number of hydrazone groups is 1. The summed E-state index contributed by atoms with van der Waals surface area (Å²) in [5.74, 6) is 1.41. The highest BCUT2D eigenvalue weighted by Crippen LogP contribution is 2.32. The number of carbonyl (C=O) groups is 1. The summed E-state index contributed by atoms with van der Waals surface area (Å²) < 4.78 is 10.6. The predicted molar refractivity (Wildman–Crippen MR) is 77.1 cm³/mol. The first kappa shape index (κ1) is 14.4. The molecule has 1 amide bonds. The number of nitrogens with one attached hydrogen (secondary N) is 1. The van der Waals surface area contributed by atoms with Gasteiger partial charge in [-0.25, -0.2) is 5.43 Å². The van der Waals surface area contributed by atoms with Gasteiger partial charge in [0.15, 0.2) is 11.5 Å². The van der Waals surface area contributed by atoms with E-state index < -0.39 is 0 Å². The summed E-state index contributed by atoms with van der Waals surface area (Å²) in [7, 11) is 0. The molecule has 2 rings (SSSR count). The van der Waals surface area contributed by atoms with Gasteiger partial charge in [-0.05, 0) is 31.5 Å². The van der Waals surface area contributed by atoms with Crippen LogP contribution in [0.5, 0.6) is 11.5 Å². The van der Waals surface area contributed by atoms with Crippen molar-refractivity contribution in [2.75, 3.05) is 6.79 Å². The lowest BCUT2D eigenvalue weighted by atomic mass is 10.1. The summed E-state index contributed by atoms with van der Waals surface area (Å²) in [6.45, 7) is 4.22. The van der Waals surface area contributed by atoms with Gasteiger partial charge in [0.2, 0.25) is 12.7 Å². The van der Waals surface area contributed by atoms with Gasteiger partial charge in [-0.1, -0.05) is 19.8 Å². The Morgan fingerprint density at radius 2 is 2.10 bits per heavy atom.